The van der Waals surface area contributed by atoms with E-state index in [-0.39, 0.29) is 25.2 Å². The van der Waals surface area contributed by atoms with E-state index >= 15 is 0 Å². The number of esters is 1. The van der Waals surface area contributed by atoms with Crippen molar-refractivity contribution >= 4 is 18.0 Å². The van der Waals surface area contributed by atoms with Crippen LogP contribution in [0.25, 0.3) is 0 Å². The Labute approximate surface area is 122 Å². The number of aliphatic carboxylic acids is 1. The van der Waals surface area contributed by atoms with Gasteiger partial charge in [0.2, 0.25) is 0 Å². The molecule has 8 nitrogen and oxygen atoms in total. The number of carbonyl (C=O) groups is 3. The maximum Gasteiger partial charge on any atom is 0.336 e. The molecule has 0 radical (unpaired) electrons. The van der Waals surface area contributed by atoms with E-state index in [9.17, 15) is 14.4 Å². The van der Waals surface area contributed by atoms with Crippen LogP contribution >= 0.6 is 0 Å². The second kappa shape index (κ2) is 6.75. The van der Waals surface area contributed by atoms with E-state index in [1.54, 1.807) is 0 Å². The van der Waals surface area contributed by atoms with Crippen LogP contribution in [0.5, 0.6) is 0 Å². The van der Waals surface area contributed by atoms with Gasteiger partial charge in [0.1, 0.15) is 0 Å². The summed E-state index contributed by atoms with van der Waals surface area (Å²) in [4.78, 5) is 36.2. The third kappa shape index (κ3) is 3.63. The minimum atomic E-state index is -0.882. The summed E-state index contributed by atoms with van der Waals surface area (Å²) in [6.07, 6.45) is 1.24. The van der Waals surface area contributed by atoms with Gasteiger partial charge < -0.3 is 24.8 Å². The number of carboxylic acids is 1. The van der Waals surface area contributed by atoms with Crippen LogP contribution in [0, 0.1) is 5.92 Å². The van der Waals surface area contributed by atoms with Gasteiger partial charge in [0.25, 0.3) is 0 Å². The first-order valence-electron chi connectivity index (χ1n) is 7.00. The molecule has 0 aromatic carbocycles. The minimum Gasteiger partial charge on any atom is -0.481 e. The van der Waals surface area contributed by atoms with Crippen LogP contribution in [-0.2, 0) is 19.1 Å². The number of morpholine rings is 1. The highest BCUT2D eigenvalue weighted by atomic mass is 16.6. The molecule has 0 bridgehead atoms. The van der Waals surface area contributed by atoms with Gasteiger partial charge in [-0.2, -0.15) is 0 Å². The van der Waals surface area contributed by atoms with Crippen molar-refractivity contribution < 1.29 is 29.0 Å². The molecule has 3 unspecified atom stereocenters. The molecule has 1 saturated heterocycles. The molecule has 1 aliphatic heterocycles. The third-order valence-electron chi connectivity index (χ3n) is 3.96. The topological polar surface area (TPSA) is 105 Å². The number of carbonyl (C=O) groups excluding carboxylic acids is 2. The number of ether oxygens (including phenoxy) is 2. The summed E-state index contributed by atoms with van der Waals surface area (Å²) >= 11 is 0. The lowest BCUT2D eigenvalue weighted by Gasteiger charge is -2.32. The number of hydrogen-bond acceptors (Lipinski definition) is 5. The predicted octanol–water partition coefficient (Wildman–Crippen LogP) is -0.177. The summed E-state index contributed by atoms with van der Waals surface area (Å²) in [7, 11) is 1.26. The summed E-state index contributed by atoms with van der Waals surface area (Å²) in [6, 6.07) is -0.709. The highest BCUT2D eigenvalue weighted by Crippen LogP contribution is 2.26. The zero-order chi connectivity index (χ0) is 15.4. The molecule has 8 heteroatoms. The van der Waals surface area contributed by atoms with Gasteiger partial charge in [-0.3, -0.25) is 4.79 Å². The fourth-order valence-electron chi connectivity index (χ4n) is 2.79. The van der Waals surface area contributed by atoms with Crippen LogP contribution in [-0.4, -0.2) is 66.9 Å². The monoisotopic (exact) mass is 300 g/mol. The number of nitrogens with zero attached hydrogens (tertiary/aromatic N) is 1. The Kier molecular flexibility index (Phi) is 5.00. The molecule has 0 aromatic heterocycles. The van der Waals surface area contributed by atoms with Gasteiger partial charge in [-0.1, -0.05) is 6.42 Å². The number of nitrogens with one attached hydrogen (secondary N) is 1. The number of carboxylic acid groups (broad SMARTS) is 1. The van der Waals surface area contributed by atoms with E-state index in [1.165, 1.54) is 12.0 Å². The molecule has 118 valence electrons. The van der Waals surface area contributed by atoms with Crippen molar-refractivity contribution in [3.05, 3.63) is 0 Å². The van der Waals surface area contributed by atoms with Gasteiger partial charge in [-0.15, -0.1) is 0 Å². The first-order chi connectivity index (χ1) is 10.0. The molecule has 2 amide bonds. The summed E-state index contributed by atoms with van der Waals surface area (Å²) in [5.41, 5.74) is 0. The van der Waals surface area contributed by atoms with E-state index in [0.29, 0.717) is 19.4 Å². The van der Waals surface area contributed by atoms with Crippen LogP contribution < -0.4 is 5.32 Å². The molecular formula is C13H20N2O6. The minimum absolute atomic E-state index is 0.114. The lowest BCUT2D eigenvalue weighted by molar-refractivity contribution is -0.158. The van der Waals surface area contributed by atoms with Crippen LogP contribution in [0.4, 0.5) is 4.79 Å². The van der Waals surface area contributed by atoms with E-state index in [0.717, 1.165) is 6.42 Å². The summed E-state index contributed by atoms with van der Waals surface area (Å²) in [6.45, 7) is 0.729. The lowest BCUT2D eigenvalue weighted by atomic mass is 10.0. The summed E-state index contributed by atoms with van der Waals surface area (Å²) < 4.78 is 9.85. The van der Waals surface area contributed by atoms with Crippen molar-refractivity contribution in [3.63, 3.8) is 0 Å². The fourth-order valence-corrected chi connectivity index (χ4v) is 2.79. The molecule has 1 heterocycles. The molecule has 1 saturated carbocycles. The zero-order valence-corrected chi connectivity index (χ0v) is 11.9. The van der Waals surface area contributed by atoms with Gasteiger partial charge in [0.15, 0.2) is 6.10 Å². The Balaban J connectivity index is 1.90. The molecule has 2 rings (SSSR count). The Morgan fingerprint density at radius 2 is 2.10 bits per heavy atom. The van der Waals surface area contributed by atoms with Crippen molar-refractivity contribution in [3.8, 4) is 0 Å². The molecule has 1 aliphatic carbocycles. The average molecular weight is 300 g/mol. The predicted molar refractivity (Wildman–Crippen MR) is 70.6 cm³/mol. The Morgan fingerprint density at radius 1 is 1.33 bits per heavy atom. The van der Waals surface area contributed by atoms with Gasteiger partial charge in [0.05, 0.1) is 26.2 Å². The molecule has 2 N–H and O–H groups in total. The van der Waals surface area contributed by atoms with Crippen LogP contribution in [0.15, 0.2) is 0 Å². The van der Waals surface area contributed by atoms with Gasteiger partial charge in [-0.25, -0.2) is 9.59 Å². The van der Waals surface area contributed by atoms with Crippen LogP contribution in [0.2, 0.25) is 0 Å². The number of urea groups is 1. The third-order valence-corrected chi connectivity index (χ3v) is 3.96. The van der Waals surface area contributed by atoms with E-state index in [1.807, 2.05) is 0 Å². The van der Waals surface area contributed by atoms with Crippen molar-refractivity contribution in [1.29, 1.82) is 0 Å². The second-order valence-corrected chi connectivity index (χ2v) is 5.26. The molecule has 2 aliphatic rings. The average Bonchev–Trinajstić information content (AvgIpc) is 2.94. The van der Waals surface area contributed by atoms with Crippen molar-refractivity contribution in [1.82, 2.24) is 10.2 Å². The van der Waals surface area contributed by atoms with E-state index in [2.05, 4.69) is 10.1 Å². The highest BCUT2D eigenvalue weighted by Gasteiger charge is 2.36. The standard InChI is InChI=1S/C13H20N2O6/c1-20-12(18)10-7-15(5-6-21-10)13(19)14-9-4-2-3-8(9)11(16)17/h8-10H,2-7H2,1H3,(H,14,19)(H,16,17). The van der Waals surface area contributed by atoms with Gasteiger partial charge >= 0.3 is 18.0 Å². The molecule has 0 spiro atoms. The number of hydrogen-bond donors (Lipinski definition) is 2. The van der Waals surface area contributed by atoms with E-state index in [4.69, 9.17) is 9.84 Å². The van der Waals surface area contributed by atoms with Crippen molar-refractivity contribution in [2.24, 2.45) is 5.92 Å². The summed E-state index contributed by atoms with van der Waals surface area (Å²) in [5, 5.41) is 11.9. The normalized spacial score (nSPS) is 29.0. The summed E-state index contributed by atoms with van der Waals surface area (Å²) in [5.74, 6) is -1.93. The van der Waals surface area contributed by atoms with Crippen LogP contribution in [0.1, 0.15) is 19.3 Å². The maximum atomic E-state index is 12.2. The zero-order valence-electron chi connectivity index (χ0n) is 11.9. The number of methoxy groups -OCH3 is 1. The van der Waals surface area contributed by atoms with Gasteiger partial charge in [-0.05, 0) is 12.8 Å². The molecule has 0 aromatic rings. The smallest absolute Gasteiger partial charge is 0.336 e. The Hall–Kier alpha value is -1.83. The molecular weight excluding hydrogens is 280 g/mol. The number of amides is 2. The Morgan fingerprint density at radius 3 is 2.76 bits per heavy atom. The molecule has 3 atom stereocenters. The molecule has 2 fully saturated rings. The Bertz CT molecular complexity index is 427. The first-order valence-corrected chi connectivity index (χ1v) is 7.00. The quantitative estimate of drug-likeness (QED) is 0.701. The van der Waals surface area contributed by atoms with Crippen molar-refractivity contribution in [2.45, 2.75) is 31.4 Å². The lowest BCUT2D eigenvalue weighted by Crippen LogP contribution is -2.54. The second-order valence-electron chi connectivity index (χ2n) is 5.26. The van der Waals surface area contributed by atoms with Crippen molar-refractivity contribution in [2.75, 3.05) is 26.8 Å². The highest BCUT2D eigenvalue weighted by molar-refractivity contribution is 5.79. The SMILES string of the molecule is COC(=O)C1CN(C(=O)NC2CCCC2C(=O)O)CCO1. The first kappa shape index (κ1) is 15.6. The van der Waals surface area contributed by atoms with E-state index < -0.39 is 24.0 Å². The largest absolute Gasteiger partial charge is 0.481 e. The van der Waals surface area contributed by atoms with Gasteiger partial charge in [0, 0.05) is 12.6 Å². The fraction of sp³-hybridized carbons (Fsp3) is 0.769. The van der Waals surface area contributed by atoms with Crippen LogP contribution in [0.3, 0.4) is 0 Å². The maximum absolute atomic E-state index is 12.2. The molecule has 21 heavy (non-hydrogen) atoms. The number of rotatable bonds is 3.